The first-order valence-corrected chi connectivity index (χ1v) is 6.98. The summed E-state index contributed by atoms with van der Waals surface area (Å²) >= 11 is 3.29. The van der Waals surface area contributed by atoms with Crippen LogP contribution in [0.1, 0.15) is 6.92 Å². The minimum absolute atomic E-state index is 0.0116. The molecule has 1 aromatic carbocycles. The molecule has 1 aromatic heterocycles. The molecule has 1 N–H and O–H groups in total. The molecule has 0 bridgehead atoms. The van der Waals surface area contributed by atoms with E-state index in [9.17, 15) is 14.9 Å². The quantitative estimate of drug-likeness (QED) is 0.661. The molecule has 0 aliphatic heterocycles. The van der Waals surface area contributed by atoms with E-state index >= 15 is 0 Å². The zero-order valence-corrected chi connectivity index (χ0v) is 12.8. The molecule has 0 fully saturated rings. The molecule has 0 saturated carbocycles. The summed E-state index contributed by atoms with van der Waals surface area (Å²) in [5, 5.41) is 17.4. The highest BCUT2D eigenvalue weighted by Crippen LogP contribution is 2.16. The van der Waals surface area contributed by atoms with E-state index in [1.54, 1.807) is 24.0 Å². The van der Waals surface area contributed by atoms with Gasteiger partial charge in [-0.25, -0.2) is 0 Å². The van der Waals surface area contributed by atoms with Gasteiger partial charge >= 0.3 is 0 Å². The molecule has 2 rings (SSSR count). The lowest BCUT2D eigenvalue weighted by Crippen LogP contribution is -2.24. The summed E-state index contributed by atoms with van der Waals surface area (Å²) in [6, 6.07) is 5.72. The number of halogens is 1. The Kier molecular flexibility index (Phi) is 4.69. The fraction of sp³-hybridized carbons (Fsp3) is 0.231. The van der Waals surface area contributed by atoms with Gasteiger partial charge in [0.1, 0.15) is 0 Å². The van der Waals surface area contributed by atoms with Gasteiger partial charge in [0.2, 0.25) is 5.91 Å². The lowest BCUT2D eigenvalue weighted by Gasteiger charge is -2.12. The molecule has 1 heterocycles. The van der Waals surface area contributed by atoms with Crippen LogP contribution in [-0.2, 0) is 11.3 Å². The van der Waals surface area contributed by atoms with Gasteiger partial charge in [0, 0.05) is 24.0 Å². The van der Waals surface area contributed by atoms with Gasteiger partial charge in [0.15, 0.2) is 0 Å². The van der Waals surface area contributed by atoms with Gasteiger partial charge in [0.25, 0.3) is 5.69 Å². The summed E-state index contributed by atoms with van der Waals surface area (Å²) in [4.78, 5) is 22.1. The number of amides is 1. The number of benzene rings is 1. The summed E-state index contributed by atoms with van der Waals surface area (Å²) in [5.74, 6) is -0.456. The van der Waals surface area contributed by atoms with Crippen molar-refractivity contribution in [2.45, 2.75) is 13.5 Å². The molecular formula is C13H13BrN4O3. The predicted molar refractivity (Wildman–Crippen MR) is 80.8 cm³/mol. The number of nitrogens with one attached hydrogen (secondary N) is 1. The smallest absolute Gasteiger partial charge is 0.269 e. The number of non-ortho nitro benzene ring substituents is 1. The molecule has 0 aliphatic carbocycles. The fourth-order valence-electron chi connectivity index (χ4n) is 1.73. The number of rotatable bonds is 5. The van der Waals surface area contributed by atoms with Crippen LogP contribution < -0.4 is 5.32 Å². The highest BCUT2D eigenvalue weighted by Gasteiger charge is 2.15. The van der Waals surface area contributed by atoms with Crippen molar-refractivity contribution in [3.63, 3.8) is 0 Å². The fourth-order valence-corrected chi connectivity index (χ4v) is 2.06. The predicted octanol–water partition coefficient (Wildman–Crippen LogP) is 2.83. The number of nitro groups is 1. The van der Waals surface area contributed by atoms with Crippen LogP contribution in [0.5, 0.6) is 0 Å². The number of carbonyl (C=O) groups is 1. The summed E-state index contributed by atoms with van der Waals surface area (Å²) in [6.45, 7) is 2.24. The van der Waals surface area contributed by atoms with E-state index in [1.807, 2.05) is 0 Å². The first-order chi connectivity index (χ1) is 9.95. The van der Waals surface area contributed by atoms with Gasteiger partial charge in [-0.15, -0.1) is 0 Å². The minimum atomic E-state index is -0.482. The van der Waals surface area contributed by atoms with Crippen LogP contribution in [0.15, 0.2) is 41.1 Å². The van der Waals surface area contributed by atoms with Crippen molar-refractivity contribution in [2.75, 3.05) is 5.32 Å². The third-order valence-corrected chi connectivity index (χ3v) is 3.27. The van der Waals surface area contributed by atoms with Gasteiger partial charge in [-0.05, 0) is 28.1 Å². The first-order valence-electron chi connectivity index (χ1n) is 6.19. The maximum absolute atomic E-state index is 12.0. The van der Waals surface area contributed by atoms with Crippen molar-refractivity contribution >= 4 is 33.2 Å². The summed E-state index contributed by atoms with van der Waals surface area (Å²) < 4.78 is 2.52. The van der Waals surface area contributed by atoms with Crippen LogP contribution in [0, 0.1) is 16.0 Å². The van der Waals surface area contributed by atoms with Crippen molar-refractivity contribution in [3.8, 4) is 0 Å². The number of carbonyl (C=O) groups excluding carboxylic acids is 1. The van der Waals surface area contributed by atoms with Crippen LogP contribution in [0.3, 0.4) is 0 Å². The normalized spacial score (nSPS) is 11.9. The average molecular weight is 353 g/mol. The molecule has 0 aliphatic rings. The van der Waals surface area contributed by atoms with Crippen LogP contribution >= 0.6 is 15.9 Å². The third kappa shape index (κ3) is 4.12. The maximum atomic E-state index is 12.0. The molecule has 1 unspecified atom stereocenters. The van der Waals surface area contributed by atoms with Crippen molar-refractivity contribution in [3.05, 3.63) is 51.2 Å². The lowest BCUT2D eigenvalue weighted by molar-refractivity contribution is -0.384. The molecule has 21 heavy (non-hydrogen) atoms. The number of hydrogen-bond donors (Lipinski definition) is 1. The van der Waals surface area contributed by atoms with Crippen LogP contribution in [-0.4, -0.2) is 20.6 Å². The van der Waals surface area contributed by atoms with Crippen molar-refractivity contribution in [1.82, 2.24) is 9.78 Å². The standard InChI is InChI=1S/C13H13BrN4O3/c1-9(7-17-8-10(14)6-15-17)13(19)16-11-2-4-12(5-3-11)18(20)21/h2-6,8-9H,7H2,1H3,(H,16,19). The number of anilines is 1. The second kappa shape index (κ2) is 6.49. The summed E-state index contributed by atoms with van der Waals surface area (Å²) in [5.41, 5.74) is 0.515. The first kappa shape index (κ1) is 15.2. The van der Waals surface area contributed by atoms with E-state index in [1.165, 1.54) is 24.3 Å². The molecule has 0 saturated heterocycles. The number of nitrogens with zero attached hydrogens (tertiary/aromatic N) is 3. The second-order valence-electron chi connectivity index (χ2n) is 4.57. The summed E-state index contributed by atoms with van der Waals surface area (Å²) in [6.07, 6.45) is 3.44. The Morgan fingerprint density at radius 2 is 2.14 bits per heavy atom. The van der Waals surface area contributed by atoms with Gasteiger partial charge in [-0.2, -0.15) is 5.10 Å². The topological polar surface area (TPSA) is 90.1 Å². The maximum Gasteiger partial charge on any atom is 0.269 e. The van der Waals surface area contributed by atoms with Gasteiger partial charge in [0.05, 0.1) is 28.1 Å². The Morgan fingerprint density at radius 1 is 1.48 bits per heavy atom. The molecule has 2 aromatic rings. The van der Waals surface area contributed by atoms with E-state index in [0.29, 0.717) is 12.2 Å². The SMILES string of the molecule is CC(Cn1cc(Br)cn1)C(=O)Nc1ccc([N+](=O)[O-])cc1. The molecule has 1 amide bonds. The highest BCUT2D eigenvalue weighted by molar-refractivity contribution is 9.10. The molecule has 110 valence electrons. The molecule has 7 nitrogen and oxygen atoms in total. The molecule has 1 atom stereocenters. The van der Waals surface area contributed by atoms with E-state index in [0.717, 1.165) is 4.47 Å². The van der Waals surface area contributed by atoms with Crippen molar-refractivity contribution in [1.29, 1.82) is 0 Å². The highest BCUT2D eigenvalue weighted by atomic mass is 79.9. The Balaban J connectivity index is 1.95. The monoisotopic (exact) mass is 352 g/mol. The van der Waals surface area contributed by atoms with Crippen LogP contribution in [0.2, 0.25) is 0 Å². The van der Waals surface area contributed by atoms with Gasteiger partial charge in [-0.3, -0.25) is 19.6 Å². The largest absolute Gasteiger partial charge is 0.326 e. The van der Waals surface area contributed by atoms with Crippen molar-refractivity contribution < 1.29 is 9.72 Å². The van der Waals surface area contributed by atoms with E-state index in [-0.39, 0.29) is 17.5 Å². The number of nitro benzene ring substituents is 1. The van der Waals surface area contributed by atoms with E-state index < -0.39 is 4.92 Å². The van der Waals surface area contributed by atoms with Gasteiger partial charge in [-0.1, -0.05) is 6.92 Å². The molecule has 0 radical (unpaired) electrons. The number of hydrogen-bond acceptors (Lipinski definition) is 4. The molecular weight excluding hydrogens is 340 g/mol. The van der Waals surface area contributed by atoms with Crippen LogP contribution in [0.25, 0.3) is 0 Å². The Hall–Kier alpha value is -2.22. The van der Waals surface area contributed by atoms with Crippen LogP contribution in [0.4, 0.5) is 11.4 Å². The Bertz CT molecular complexity index is 654. The third-order valence-electron chi connectivity index (χ3n) is 2.86. The second-order valence-corrected chi connectivity index (χ2v) is 5.49. The number of aromatic nitrogens is 2. The summed E-state index contributed by atoms with van der Waals surface area (Å²) in [7, 11) is 0. The van der Waals surface area contributed by atoms with E-state index in [2.05, 4.69) is 26.3 Å². The zero-order chi connectivity index (χ0) is 15.4. The van der Waals surface area contributed by atoms with Gasteiger partial charge < -0.3 is 5.32 Å². The van der Waals surface area contributed by atoms with Crippen molar-refractivity contribution in [2.24, 2.45) is 5.92 Å². The minimum Gasteiger partial charge on any atom is -0.326 e. The van der Waals surface area contributed by atoms with E-state index in [4.69, 9.17) is 0 Å². The Morgan fingerprint density at radius 3 is 2.67 bits per heavy atom. The molecule has 0 spiro atoms. The lowest BCUT2D eigenvalue weighted by atomic mass is 10.1. The zero-order valence-electron chi connectivity index (χ0n) is 11.2. The average Bonchev–Trinajstić information content (AvgIpc) is 2.84. The Labute approximate surface area is 129 Å². The molecule has 8 heteroatoms.